The first kappa shape index (κ1) is 24.5. The van der Waals surface area contributed by atoms with E-state index in [0.717, 1.165) is 47.3 Å². The average Bonchev–Trinajstić information content (AvgIpc) is 3.27. The fourth-order valence-corrected chi connectivity index (χ4v) is 6.43. The van der Waals surface area contributed by atoms with Crippen molar-refractivity contribution >= 4 is 50.7 Å². The number of pyridine rings is 1. The number of benzene rings is 2. The lowest BCUT2D eigenvalue weighted by molar-refractivity contribution is 0.0601. The van der Waals surface area contributed by atoms with Gasteiger partial charge in [0.25, 0.3) is 5.91 Å². The van der Waals surface area contributed by atoms with Gasteiger partial charge >= 0.3 is 5.97 Å². The van der Waals surface area contributed by atoms with Gasteiger partial charge in [-0.3, -0.25) is 4.79 Å². The Labute approximate surface area is 219 Å². The molecule has 2 aromatic carbocycles. The van der Waals surface area contributed by atoms with E-state index in [-0.39, 0.29) is 5.91 Å². The molecule has 2 heterocycles. The van der Waals surface area contributed by atoms with E-state index in [1.807, 2.05) is 43.3 Å². The molecule has 0 aliphatic heterocycles. The Morgan fingerprint density at radius 2 is 1.97 bits per heavy atom. The maximum atomic E-state index is 13.8. The number of hydrogen-bond donors (Lipinski definition) is 1. The third kappa shape index (κ3) is 4.40. The number of aryl methyl sites for hydroxylation is 1. The Morgan fingerprint density at radius 3 is 2.69 bits per heavy atom. The number of thiophene rings is 1. The number of nitrogens with one attached hydrogen (secondary N) is 1. The molecule has 184 valence electrons. The molecule has 1 amide bonds. The Morgan fingerprint density at radius 1 is 1.19 bits per heavy atom. The normalized spacial score (nSPS) is 14.9. The van der Waals surface area contributed by atoms with Gasteiger partial charge in [-0.2, -0.15) is 0 Å². The van der Waals surface area contributed by atoms with Crippen LogP contribution in [-0.2, 0) is 17.6 Å². The number of rotatable bonds is 5. The third-order valence-electron chi connectivity index (χ3n) is 7.04. The van der Waals surface area contributed by atoms with Crippen LogP contribution >= 0.6 is 22.9 Å². The number of aromatic nitrogens is 1. The molecule has 1 aliphatic carbocycles. The van der Waals surface area contributed by atoms with Gasteiger partial charge in [0, 0.05) is 20.8 Å². The van der Waals surface area contributed by atoms with Crippen LogP contribution in [0.4, 0.5) is 5.00 Å². The fraction of sp³-hybridized carbons (Fsp3) is 0.276. The minimum Gasteiger partial charge on any atom is -0.465 e. The van der Waals surface area contributed by atoms with Crippen LogP contribution in [0.3, 0.4) is 0 Å². The summed E-state index contributed by atoms with van der Waals surface area (Å²) in [4.78, 5) is 32.6. The third-order valence-corrected chi connectivity index (χ3v) is 8.62. The molecule has 2 aromatic heterocycles. The highest BCUT2D eigenvalue weighted by molar-refractivity contribution is 7.17. The Hall–Kier alpha value is -3.22. The van der Waals surface area contributed by atoms with Crippen molar-refractivity contribution in [3.63, 3.8) is 0 Å². The summed E-state index contributed by atoms with van der Waals surface area (Å²) in [7, 11) is 1.38. The van der Waals surface area contributed by atoms with Crippen molar-refractivity contribution in [3.8, 4) is 11.3 Å². The topological polar surface area (TPSA) is 68.3 Å². The van der Waals surface area contributed by atoms with E-state index in [1.165, 1.54) is 18.4 Å². The Bertz CT molecular complexity index is 1480. The van der Waals surface area contributed by atoms with Crippen LogP contribution in [0.2, 0.25) is 5.02 Å². The van der Waals surface area contributed by atoms with Gasteiger partial charge in [-0.15, -0.1) is 11.3 Å². The average molecular weight is 519 g/mol. The number of esters is 1. The smallest absolute Gasteiger partial charge is 0.341 e. The van der Waals surface area contributed by atoms with E-state index in [0.29, 0.717) is 43.7 Å². The van der Waals surface area contributed by atoms with Gasteiger partial charge in [0.1, 0.15) is 5.00 Å². The van der Waals surface area contributed by atoms with Crippen molar-refractivity contribution in [3.05, 3.63) is 80.7 Å². The van der Waals surface area contributed by atoms with Crippen molar-refractivity contribution in [1.82, 2.24) is 4.98 Å². The monoisotopic (exact) mass is 518 g/mol. The Kier molecular flexibility index (Phi) is 6.82. The molecular formula is C29H27ClN2O3S. The van der Waals surface area contributed by atoms with E-state index in [4.69, 9.17) is 21.3 Å². The van der Waals surface area contributed by atoms with E-state index in [1.54, 1.807) is 12.1 Å². The standard InChI is InChI=1S/C29H27ClN2O3S/c1-4-17-10-11-20-24(14-17)36-28(25(20)29(34)35-3)32-27(33)21-15-23(18-8-6-5-7-9-18)31-26-16(2)22(30)13-12-19(21)26/h5-9,12-13,15,17H,4,10-11,14H2,1-3H3,(H,32,33). The maximum Gasteiger partial charge on any atom is 0.341 e. The van der Waals surface area contributed by atoms with Crippen molar-refractivity contribution in [1.29, 1.82) is 0 Å². The SMILES string of the molecule is CCC1CCc2c(sc(NC(=O)c3cc(-c4ccccc4)nc4c(C)c(Cl)ccc34)c2C(=O)OC)C1. The number of methoxy groups -OCH3 is 1. The zero-order valence-electron chi connectivity index (χ0n) is 20.5. The second-order valence-corrected chi connectivity index (χ2v) is 10.7. The van der Waals surface area contributed by atoms with Gasteiger partial charge in [-0.1, -0.05) is 61.3 Å². The number of hydrogen-bond acceptors (Lipinski definition) is 5. The van der Waals surface area contributed by atoms with E-state index in [2.05, 4.69) is 12.2 Å². The van der Waals surface area contributed by atoms with Crippen molar-refractivity contribution in [2.75, 3.05) is 12.4 Å². The summed E-state index contributed by atoms with van der Waals surface area (Å²) in [6.45, 7) is 4.10. The minimum absolute atomic E-state index is 0.294. The lowest BCUT2D eigenvalue weighted by atomic mass is 9.85. The summed E-state index contributed by atoms with van der Waals surface area (Å²) < 4.78 is 5.11. The molecule has 1 unspecified atom stereocenters. The lowest BCUT2D eigenvalue weighted by Crippen LogP contribution is -2.17. The summed E-state index contributed by atoms with van der Waals surface area (Å²) in [5, 5.41) is 4.90. The molecular weight excluding hydrogens is 492 g/mol. The van der Waals surface area contributed by atoms with Crippen LogP contribution in [-0.4, -0.2) is 24.0 Å². The van der Waals surface area contributed by atoms with Gasteiger partial charge < -0.3 is 10.1 Å². The van der Waals surface area contributed by atoms with Crippen LogP contribution in [0.25, 0.3) is 22.2 Å². The fourth-order valence-electron chi connectivity index (χ4n) is 4.93. The molecule has 1 N–H and O–H groups in total. The number of fused-ring (bicyclic) bond motifs is 2. The zero-order valence-corrected chi connectivity index (χ0v) is 22.1. The van der Waals surface area contributed by atoms with Crippen LogP contribution in [0.1, 0.15) is 56.5 Å². The minimum atomic E-state index is -0.412. The summed E-state index contributed by atoms with van der Waals surface area (Å²) in [6, 6.07) is 15.2. The number of anilines is 1. The first-order valence-corrected chi connectivity index (χ1v) is 13.3. The summed E-state index contributed by atoms with van der Waals surface area (Å²) >= 11 is 7.90. The number of nitrogens with zero attached hydrogens (tertiary/aromatic N) is 1. The molecule has 36 heavy (non-hydrogen) atoms. The summed E-state index contributed by atoms with van der Waals surface area (Å²) in [6.07, 6.45) is 3.87. The van der Waals surface area contributed by atoms with Crippen LogP contribution in [0.15, 0.2) is 48.5 Å². The molecule has 7 heteroatoms. The molecule has 4 aromatic rings. The number of carbonyl (C=O) groups excluding carboxylic acids is 2. The summed E-state index contributed by atoms with van der Waals surface area (Å²) in [5.74, 6) is -0.113. The first-order chi connectivity index (χ1) is 17.4. The highest BCUT2D eigenvalue weighted by Gasteiger charge is 2.30. The van der Waals surface area contributed by atoms with Crippen LogP contribution < -0.4 is 5.32 Å². The highest BCUT2D eigenvalue weighted by atomic mass is 35.5. The van der Waals surface area contributed by atoms with Gasteiger partial charge in [0.05, 0.1) is 29.4 Å². The predicted molar refractivity (Wildman–Crippen MR) is 146 cm³/mol. The Balaban J connectivity index is 1.62. The number of amides is 1. The highest BCUT2D eigenvalue weighted by Crippen LogP contribution is 2.41. The van der Waals surface area contributed by atoms with E-state index in [9.17, 15) is 9.59 Å². The number of carbonyl (C=O) groups is 2. The molecule has 0 saturated carbocycles. The van der Waals surface area contributed by atoms with E-state index >= 15 is 0 Å². The van der Waals surface area contributed by atoms with Gasteiger partial charge in [0.15, 0.2) is 0 Å². The number of ether oxygens (including phenoxy) is 1. The summed E-state index contributed by atoms with van der Waals surface area (Å²) in [5.41, 5.74) is 5.06. The molecule has 1 atom stereocenters. The molecule has 0 bridgehead atoms. The molecule has 0 fully saturated rings. The van der Waals surface area contributed by atoms with Crippen molar-refractivity contribution in [2.24, 2.45) is 5.92 Å². The van der Waals surface area contributed by atoms with Gasteiger partial charge in [-0.25, -0.2) is 9.78 Å². The first-order valence-electron chi connectivity index (χ1n) is 12.1. The molecule has 0 radical (unpaired) electrons. The van der Waals surface area contributed by atoms with Crippen LogP contribution in [0, 0.1) is 12.8 Å². The molecule has 0 spiro atoms. The van der Waals surface area contributed by atoms with Crippen LogP contribution in [0.5, 0.6) is 0 Å². The van der Waals surface area contributed by atoms with Gasteiger partial charge in [-0.05, 0) is 55.4 Å². The van der Waals surface area contributed by atoms with Crippen molar-refractivity contribution < 1.29 is 14.3 Å². The molecule has 1 aliphatic rings. The second-order valence-electron chi connectivity index (χ2n) is 9.16. The molecule has 0 saturated heterocycles. The second kappa shape index (κ2) is 10.0. The quantitative estimate of drug-likeness (QED) is 0.278. The zero-order chi connectivity index (χ0) is 25.4. The van der Waals surface area contributed by atoms with Crippen molar-refractivity contribution in [2.45, 2.75) is 39.5 Å². The molecule has 5 rings (SSSR count). The van der Waals surface area contributed by atoms with Gasteiger partial charge in [0.2, 0.25) is 0 Å². The molecule has 5 nitrogen and oxygen atoms in total. The largest absolute Gasteiger partial charge is 0.465 e. The number of halogens is 1. The lowest BCUT2D eigenvalue weighted by Gasteiger charge is -2.20. The maximum absolute atomic E-state index is 13.8. The van der Waals surface area contributed by atoms with E-state index < -0.39 is 5.97 Å². The predicted octanol–water partition coefficient (Wildman–Crippen LogP) is 7.48.